The highest BCUT2D eigenvalue weighted by atomic mass is 16.4. The molecule has 0 aliphatic carbocycles. The van der Waals surface area contributed by atoms with Crippen molar-refractivity contribution < 1.29 is 24.3 Å². The molecule has 7 N–H and O–H groups in total. The number of nitrogens with one attached hydrogen (secondary N) is 4. The van der Waals surface area contributed by atoms with Crippen molar-refractivity contribution in [1.82, 2.24) is 30.4 Å². The molecule has 0 radical (unpaired) electrons. The van der Waals surface area contributed by atoms with Gasteiger partial charge in [0.2, 0.25) is 11.4 Å². The third-order valence-electron chi connectivity index (χ3n) is 6.18. The van der Waals surface area contributed by atoms with Crippen LogP contribution in [0.2, 0.25) is 0 Å². The van der Waals surface area contributed by atoms with Gasteiger partial charge in [-0.3, -0.25) is 19.1 Å². The van der Waals surface area contributed by atoms with Gasteiger partial charge >= 0.3 is 5.97 Å². The minimum absolute atomic E-state index is 0.0514. The van der Waals surface area contributed by atoms with Crippen molar-refractivity contribution in [3.63, 3.8) is 0 Å². The van der Waals surface area contributed by atoms with Gasteiger partial charge < -0.3 is 31.8 Å². The number of benzene rings is 1. The van der Waals surface area contributed by atoms with E-state index in [0.29, 0.717) is 38.4 Å². The van der Waals surface area contributed by atoms with Crippen LogP contribution in [0.15, 0.2) is 36.8 Å². The number of hydrogen-bond acceptors (Lipinski definition) is 8. The first-order valence-corrected chi connectivity index (χ1v) is 12.5. The Morgan fingerprint density at radius 3 is 2.66 bits per heavy atom. The summed E-state index contributed by atoms with van der Waals surface area (Å²) >= 11 is 0. The van der Waals surface area contributed by atoms with Gasteiger partial charge in [0.1, 0.15) is 0 Å². The van der Waals surface area contributed by atoms with E-state index in [1.54, 1.807) is 36.8 Å². The minimum atomic E-state index is -2.26. The van der Waals surface area contributed by atoms with Gasteiger partial charge in [-0.1, -0.05) is 6.42 Å². The Morgan fingerprint density at radius 1 is 1.16 bits per heavy atom. The molecule has 0 saturated carbocycles. The number of amides is 2. The van der Waals surface area contributed by atoms with Gasteiger partial charge in [0.05, 0.1) is 18.3 Å². The maximum absolute atomic E-state index is 12.9. The number of H-pyrrole nitrogens is 1. The summed E-state index contributed by atoms with van der Waals surface area (Å²) in [5.74, 6) is -2.80. The molecule has 0 aliphatic rings. The zero-order valence-corrected chi connectivity index (χ0v) is 21.3. The van der Waals surface area contributed by atoms with Crippen LogP contribution in [0.3, 0.4) is 0 Å². The van der Waals surface area contributed by atoms with Crippen LogP contribution in [0, 0.1) is 0 Å². The highest BCUT2D eigenvalue weighted by Crippen LogP contribution is 2.17. The molecule has 2 amide bonds. The Balaban J connectivity index is 1.61. The number of hydrogen-bond donors (Lipinski definition) is 6. The molecule has 0 fully saturated rings. The van der Waals surface area contributed by atoms with E-state index in [1.165, 1.54) is 0 Å². The Bertz CT molecular complexity index is 1240. The van der Waals surface area contributed by atoms with Crippen LogP contribution >= 0.6 is 0 Å². The number of carboxylic acids is 1. The van der Waals surface area contributed by atoms with Crippen LogP contribution in [0.25, 0.3) is 10.9 Å². The number of aromatic nitrogens is 4. The highest BCUT2D eigenvalue weighted by Gasteiger charge is 2.45. The van der Waals surface area contributed by atoms with Crippen LogP contribution in [0.5, 0.6) is 0 Å². The Hall–Kier alpha value is -4.26. The summed E-state index contributed by atoms with van der Waals surface area (Å²) in [5.41, 5.74) is 4.29. The van der Waals surface area contributed by atoms with E-state index >= 15 is 0 Å². The molecule has 1 atom stereocenters. The number of aliphatic carboxylic acids is 1. The van der Waals surface area contributed by atoms with Gasteiger partial charge in [-0.05, 0) is 50.9 Å². The SMILES string of the molecule is CC(=O)C(CNC(=O)c1ccc2c(cnn2CCCNc2ncc[nH]2)c1)(NC(=O)CCCCCN)C(=O)O. The van der Waals surface area contributed by atoms with Gasteiger partial charge in [-0.2, -0.15) is 5.10 Å². The van der Waals surface area contributed by atoms with Crippen molar-refractivity contribution in [3.05, 3.63) is 42.4 Å². The summed E-state index contributed by atoms with van der Waals surface area (Å²) in [5, 5.41) is 22.9. The molecule has 13 heteroatoms. The highest BCUT2D eigenvalue weighted by molar-refractivity contribution is 6.10. The van der Waals surface area contributed by atoms with Crippen LogP contribution < -0.4 is 21.7 Å². The normalized spacial score (nSPS) is 12.6. The maximum atomic E-state index is 12.9. The number of imidazole rings is 1. The summed E-state index contributed by atoms with van der Waals surface area (Å²) in [6, 6.07) is 5.00. The topological polar surface area (TPSA) is 197 Å². The third-order valence-corrected chi connectivity index (χ3v) is 6.18. The Morgan fingerprint density at radius 2 is 1.97 bits per heavy atom. The average Bonchev–Trinajstić information content (AvgIpc) is 3.56. The van der Waals surface area contributed by atoms with E-state index < -0.39 is 35.7 Å². The number of rotatable bonds is 16. The van der Waals surface area contributed by atoms with Crippen molar-refractivity contribution in [3.8, 4) is 0 Å². The molecule has 38 heavy (non-hydrogen) atoms. The number of ketones is 1. The van der Waals surface area contributed by atoms with Crippen molar-refractivity contribution in [1.29, 1.82) is 0 Å². The fourth-order valence-electron chi connectivity index (χ4n) is 3.96. The minimum Gasteiger partial charge on any atom is -0.479 e. The molecule has 1 aromatic carbocycles. The smallest absolute Gasteiger partial charge is 0.339 e. The van der Waals surface area contributed by atoms with Crippen LogP contribution in [0.4, 0.5) is 5.95 Å². The maximum Gasteiger partial charge on any atom is 0.339 e. The fourth-order valence-corrected chi connectivity index (χ4v) is 3.96. The summed E-state index contributed by atoms with van der Waals surface area (Å²) in [6.07, 6.45) is 7.86. The predicted molar refractivity (Wildman–Crippen MR) is 140 cm³/mol. The van der Waals surface area contributed by atoms with E-state index in [9.17, 15) is 24.3 Å². The van der Waals surface area contributed by atoms with Crippen molar-refractivity contribution in [2.75, 3.05) is 25.0 Å². The molecule has 0 aliphatic heterocycles. The molecular weight excluding hydrogens is 492 g/mol. The number of Topliss-reactive ketones (excluding diaryl/α,β-unsaturated/α-hetero) is 1. The number of carbonyl (C=O) groups excluding carboxylic acids is 3. The first kappa shape index (κ1) is 28.3. The number of aromatic amines is 1. The number of nitrogens with two attached hydrogens (primary N) is 1. The standard InChI is InChI=1S/C25H34N8O5/c1-17(34)25(23(37)38,32-21(35)6-3-2-4-9-26)16-30-22(36)18-7-8-20-19(14-18)15-31-33(20)13-5-10-27-24-28-11-12-29-24/h7-8,11-12,14-15H,2-6,9-10,13,16,26H2,1H3,(H,30,36)(H,32,35)(H,37,38)(H2,27,28,29). The summed E-state index contributed by atoms with van der Waals surface area (Å²) in [6.45, 7) is 2.32. The van der Waals surface area contributed by atoms with E-state index in [1.807, 2.05) is 4.68 Å². The number of aryl methyl sites for hydroxylation is 1. The number of carbonyl (C=O) groups is 4. The van der Waals surface area contributed by atoms with Gasteiger partial charge in [0.25, 0.3) is 5.91 Å². The van der Waals surface area contributed by atoms with Crippen LogP contribution in [-0.4, -0.2) is 73.6 Å². The predicted octanol–water partition coefficient (Wildman–Crippen LogP) is 1.04. The zero-order chi connectivity index (χ0) is 27.5. The van der Waals surface area contributed by atoms with Crippen molar-refractivity contribution >= 4 is 40.4 Å². The van der Waals surface area contributed by atoms with E-state index in [4.69, 9.17) is 5.73 Å². The molecular formula is C25H34N8O5. The lowest BCUT2D eigenvalue weighted by atomic mass is 9.93. The molecule has 3 rings (SSSR count). The van der Waals surface area contributed by atoms with Gasteiger partial charge in [-0.25, -0.2) is 9.78 Å². The Kier molecular flexibility index (Phi) is 9.93. The fraction of sp³-hybridized carbons (Fsp3) is 0.440. The molecule has 0 bridgehead atoms. The summed E-state index contributed by atoms with van der Waals surface area (Å²) in [4.78, 5) is 56.7. The van der Waals surface area contributed by atoms with Gasteiger partial charge in [0, 0.05) is 42.9 Å². The van der Waals surface area contributed by atoms with E-state index in [-0.39, 0.29) is 12.0 Å². The van der Waals surface area contributed by atoms with E-state index in [2.05, 4.69) is 31.0 Å². The second-order valence-electron chi connectivity index (χ2n) is 8.96. The van der Waals surface area contributed by atoms with Crippen molar-refractivity contribution in [2.45, 2.75) is 51.1 Å². The number of nitrogens with zero attached hydrogens (tertiary/aromatic N) is 3. The first-order chi connectivity index (χ1) is 18.3. The van der Waals surface area contributed by atoms with E-state index in [0.717, 1.165) is 30.7 Å². The van der Waals surface area contributed by atoms with Crippen LogP contribution in [0.1, 0.15) is 49.4 Å². The first-order valence-electron chi connectivity index (χ1n) is 12.5. The summed E-state index contributed by atoms with van der Waals surface area (Å²) < 4.78 is 1.83. The van der Waals surface area contributed by atoms with Gasteiger partial charge in [0.15, 0.2) is 11.7 Å². The lowest BCUT2D eigenvalue weighted by molar-refractivity contribution is -0.152. The van der Waals surface area contributed by atoms with Crippen molar-refractivity contribution in [2.24, 2.45) is 5.73 Å². The largest absolute Gasteiger partial charge is 0.479 e. The van der Waals surface area contributed by atoms with Crippen LogP contribution in [-0.2, 0) is 20.9 Å². The number of anilines is 1. The number of fused-ring (bicyclic) bond motifs is 1. The lowest BCUT2D eigenvalue weighted by Crippen LogP contribution is -2.65. The molecule has 2 heterocycles. The van der Waals surface area contributed by atoms with Gasteiger partial charge in [-0.15, -0.1) is 0 Å². The number of carboxylic acid groups (broad SMARTS) is 1. The molecule has 0 spiro atoms. The molecule has 0 saturated heterocycles. The summed E-state index contributed by atoms with van der Waals surface area (Å²) in [7, 11) is 0. The Labute approximate surface area is 219 Å². The second-order valence-corrected chi connectivity index (χ2v) is 8.96. The molecule has 13 nitrogen and oxygen atoms in total. The molecule has 204 valence electrons. The molecule has 3 aromatic rings. The second kappa shape index (κ2) is 13.3. The third kappa shape index (κ3) is 7.16. The molecule has 2 aromatic heterocycles. The monoisotopic (exact) mass is 526 g/mol. The quantitative estimate of drug-likeness (QED) is 0.117. The molecule has 1 unspecified atom stereocenters. The lowest BCUT2D eigenvalue weighted by Gasteiger charge is -2.28. The average molecular weight is 527 g/mol. The zero-order valence-electron chi connectivity index (χ0n) is 21.3. The number of unbranched alkanes of at least 4 members (excludes halogenated alkanes) is 2.